The lowest BCUT2D eigenvalue weighted by molar-refractivity contribution is -0.113. The molecule has 0 N–H and O–H groups in total. The third kappa shape index (κ3) is 4.54. The molecule has 0 aliphatic carbocycles. The molecule has 3 aromatic carbocycles. The van der Waals surface area contributed by atoms with E-state index in [9.17, 15) is 9.59 Å². The molecule has 0 spiro atoms. The summed E-state index contributed by atoms with van der Waals surface area (Å²) in [6, 6.07) is 21.3. The first-order chi connectivity index (χ1) is 14.5. The highest BCUT2D eigenvalue weighted by Gasteiger charge is 2.36. The van der Waals surface area contributed by atoms with Gasteiger partial charge in [-0.2, -0.15) is 0 Å². The molecule has 3 aromatic rings. The first-order valence-electron chi connectivity index (χ1n) is 9.01. The number of carbonyl (C=O) groups is 2. The van der Waals surface area contributed by atoms with Gasteiger partial charge < -0.3 is 4.74 Å². The van der Waals surface area contributed by atoms with Crippen molar-refractivity contribution in [2.75, 3.05) is 4.90 Å². The van der Waals surface area contributed by atoms with E-state index in [1.54, 1.807) is 42.5 Å². The zero-order chi connectivity index (χ0) is 21.1. The maximum absolute atomic E-state index is 12.9. The minimum absolute atomic E-state index is 0.331. The smallest absolute Gasteiger partial charge is 0.298 e. The van der Waals surface area contributed by atoms with Crippen molar-refractivity contribution >= 4 is 57.9 Å². The van der Waals surface area contributed by atoms with E-state index in [1.807, 2.05) is 36.4 Å². The molecule has 0 radical (unpaired) electrons. The largest absolute Gasteiger partial charge is 0.488 e. The number of para-hydroxylation sites is 1. The molecule has 2 amide bonds. The average molecular weight is 456 g/mol. The fourth-order valence-electron chi connectivity index (χ4n) is 2.89. The molecule has 1 saturated heterocycles. The molecule has 30 heavy (non-hydrogen) atoms. The molecule has 0 aromatic heterocycles. The van der Waals surface area contributed by atoms with E-state index in [0.717, 1.165) is 22.2 Å². The Morgan fingerprint density at radius 3 is 2.20 bits per heavy atom. The Balaban J connectivity index is 1.56. The van der Waals surface area contributed by atoms with Gasteiger partial charge in [-0.15, -0.1) is 0 Å². The number of amides is 2. The molecule has 1 fully saturated rings. The second kappa shape index (κ2) is 8.96. The molecule has 1 aliphatic rings. The van der Waals surface area contributed by atoms with E-state index >= 15 is 0 Å². The predicted molar refractivity (Wildman–Crippen MR) is 122 cm³/mol. The quantitative estimate of drug-likeness (QED) is 0.396. The van der Waals surface area contributed by atoms with Crippen LogP contribution in [0.5, 0.6) is 5.75 Å². The van der Waals surface area contributed by atoms with Crippen LogP contribution in [0.3, 0.4) is 0 Å². The number of thioether (sulfide) groups is 1. The van der Waals surface area contributed by atoms with Crippen molar-refractivity contribution < 1.29 is 14.3 Å². The van der Waals surface area contributed by atoms with Gasteiger partial charge in [0.25, 0.3) is 11.1 Å². The highest BCUT2D eigenvalue weighted by molar-refractivity contribution is 8.19. The molecule has 1 aliphatic heterocycles. The van der Waals surface area contributed by atoms with Crippen molar-refractivity contribution in [3.8, 4) is 5.75 Å². The average Bonchev–Trinajstić information content (AvgIpc) is 3.02. The third-order valence-corrected chi connectivity index (χ3v) is 5.77. The third-order valence-electron chi connectivity index (χ3n) is 4.39. The van der Waals surface area contributed by atoms with Gasteiger partial charge in [-0.25, -0.2) is 4.90 Å². The number of hydrogen-bond donors (Lipinski definition) is 0. The maximum Gasteiger partial charge on any atom is 0.298 e. The lowest BCUT2D eigenvalue weighted by atomic mass is 10.1. The Morgan fingerprint density at radius 1 is 0.867 bits per heavy atom. The normalized spacial score (nSPS) is 15.1. The topological polar surface area (TPSA) is 46.6 Å². The Morgan fingerprint density at radius 2 is 1.50 bits per heavy atom. The highest BCUT2D eigenvalue weighted by Crippen LogP contribution is 2.37. The lowest BCUT2D eigenvalue weighted by Crippen LogP contribution is -2.27. The SMILES string of the molecule is O=C1S/C(=C/c2ccccc2OCc2ccc(Cl)cc2)C(=O)N1c1ccc(Cl)cc1. The number of benzene rings is 3. The Kier molecular flexibility index (Phi) is 6.13. The Bertz CT molecular complexity index is 1130. The second-order valence-corrected chi connectivity index (χ2v) is 8.31. The monoisotopic (exact) mass is 455 g/mol. The van der Waals surface area contributed by atoms with Gasteiger partial charge in [0.1, 0.15) is 12.4 Å². The van der Waals surface area contributed by atoms with Gasteiger partial charge in [0, 0.05) is 15.6 Å². The number of hydrogen-bond acceptors (Lipinski definition) is 4. The van der Waals surface area contributed by atoms with Crippen molar-refractivity contribution in [3.05, 3.63) is 98.9 Å². The Hall–Kier alpha value is -2.73. The van der Waals surface area contributed by atoms with Crippen LogP contribution in [-0.4, -0.2) is 11.1 Å². The minimum Gasteiger partial charge on any atom is -0.488 e. The van der Waals surface area contributed by atoms with E-state index in [4.69, 9.17) is 27.9 Å². The molecular formula is C23H15Cl2NO3S. The molecule has 0 atom stereocenters. The Labute approximate surface area is 188 Å². The van der Waals surface area contributed by atoms with Crippen LogP contribution in [0.15, 0.2) is 77.7 Å². The zero-order valence-corrected chi connectivity index (χ0v) is 17.9. The number of halogens is 2. The van der Waals surface area contributed by atoms with Crippen molar-refractivity contribution in [2.24, 2.45) is 0 Å². The lowest BCUT2D eigenvalue weighted by Gasteiger charge is -2.12. The van der Waals surface area contributed by atoms with Crippen LogP contribution in [0.25, 0.3) is 6.08 Å². The maximum atomic E-state index is 12.9. The summed E-state index contributed by atoms with van der Waals surface area (Å²) in [5.41, 5.74) is 2.17. The summed E-state index contributed by atoms with van der Waals surface area (Å²) in [5, 5.41) is 0.844. The van der Waals surface area contributed by atoms with Crippen molar-refractivity contribution in [3.63, 3.8) is 0 Å². The van der Waals surface area contributed by atoms with Gasteiger partial charge in [0.15, 0.2) is 0 Å². The minimum atomic E-state index is -0.375. The summed E-state index contributed by atoms with van der Waals surface area (Å²) < 4.78 is 5.94. The summed E-state index contributed by atoms with van der Waals surface area (Å²) in [7, 11) is 0. The predicted octanol–water partition coefficient (Wildman–Crippen LogP) is 6.81. The van der Waals surface area contributed by atoms with E-state index < -0.39 is 0 Å². The van der Waals surface area contributed by atoms with Gasteiger partial charge in [0.05, 0.1) is 10.6 Å². The molecule has 0 unspecified atom stereocenters. The number of rotatable bonds is 5. The number of nitrogens with zero attached hydrogens (tertiary/aromatic N) is 1. The standard InChI is InChI=1S/C23H15Cl2NO3S/c24-17-7-5-15(6-8-17)14-29-20-4-2-1-3-16(20)13-21-22(27)26(23(28)30-21)19-11-9-18(25)10-12-19/h1-13H,14H2/b21-13+. The van der Waals surface area contributed by atoms with Gasteiger partial charge in [0.2, 0.25) is 0 Å². The fourth-order valence-corrected chi connectivity index (χ4v) is 3.98. The van der Waals surface area contributed by atoms with E-state index in [2.05, 4.69) is 0 Å². The van der Waals surface area contributed by atoms with Crippen molar-refractivity contribution in [2.45, 2.75) is 6.61 Å². The summed E-state index contributed by atoms with van der Waals surface area (Å²) in [5.74, 6) is 0.241. The number of carbonyl (C=O) groups excluding carboxylic acids is 2. The van der Waals surface area contributed by atoms with Gasteiger partial charge in [-0.1, -0.05) is 53.5 Å². The zero-order valence-electron chi connectivity index (χ0n) is 15.5. The fraction of sp³-hybridized carbons (Fsp3) is 0.0435. The molecule has 7 heteroatoms. The van der Waals surface area contributed by atoms with Crippen LogP contribution in [-0.2, 0) is 11.4 Å². The van der Waals surface area contributed by atoms with Crippen LogP contribution in [0.1, 0.15) is 11.1 Å². The summed E-state index contributed by atoms with van der Waals surface area (Å²) >= 11 is 12.7. The number of anilines is 1. The number of imide groups is 1. The van der Waals surface area contributed by atoms with E-state index in [1.165, 1.54) is 0 Å². The van der Waals surface area contributed by atoms with Crippen LogP contribution >= 0.6 is 35.0 Å². The number of ether oxygens (including phenoxy) is 1. The molecule has 1 heterocycles. The summed E-state index contributed by atoms with van der Waals surface area (Å²) in [6.07, 6.45) is 1.68. The summed E-state index contributed by atoms with van der Waals surface area (Å²) in [4.78, 5) is 26.8. The first-order valence-corrected chi connectivity index (χ1v) is 10.6. The van der Waals surface area contributed by atoms with Crippen molar-refractivity contribution in [1.82, 2.24) is 0 Å². The van der Waals surface area contributed by atoms with Crippen LogP contribution in [0.4, 0.5) is 10.5 Å². The molecule has 0 saturated carbocycles. The van der Waals surface area contributed by atoms with E-state index in [-0.39, 0.29) is 11.1 Å². The van der Waals surface area contributed by atoms with Crippen molar-refractivity contribution in [1.29, 1.82) is 0 Å². The molecule has 150 valence electrons. The van der Waals surface area contributed by atoms with Gasteiger partial charge in [-0.3, -0.25) is 9.59 Å². The van der Waals surface area contributed by atoms with Crippen LogP contribution < -0.4 is 9.64 Å². The second-order valence-electron chi connectivity index (χ2n) is 6.45. The van der Waals surface area contributed by atoms with Crippen LogP contribution in [0, 0.1) is 0 Å². The molecule has 0 bridgehead atoms. The molecular weight excluding hydrogens is 441 g/mol. The first kappa shape index (κ1) is 20.5. The highest BCUT2D eigenvalue weighted by atomic mass is 35.5. The molecule has 4 nitrogen and oxygen atoms in total. The van der Waals surface area contributed by atoms with E-state index in [0.29, 0.717) is 38.6 Å². The van der Waals surface area contributed by atoms with Gasteiger partial charge in [-0.05, 0) is 65.9 Å². The van der Waals surface area contributed by atoms with Crippen LogP contribution in [0.2, 0.25) is 10.0 Å². The summed E-state index contributed by atoms with van der Waals surface area (Å²) in [6.45, 7) is 0.355. The molecule has 4 rings (SSSR count). The van der Waals surface area contributed by atoms with Gasteiger partial charge >= 0.3 is 0 Å².